The van der Waals surface area contributed by atoms with E-state index in [9.17, 15) is 14.7 Å². The molecule has 0 saturated heterocycles. The summed E-state index contributed by atoms with van der Waals surface area (Å²) in [7, 11) is 1.91. The van der Waals surface area contributed by atoms with Gasteiger partial charge in [-0.05, 0) is 99.2 Å². The zero-order valence-corrected chi connectivity index (χ0v) is 23.4. The third kappa shape index (κ3) is 5.25. The number of rotatable bonds is 9. The molecule has 0 aromatic carbocycles. The number of amides is 1. The minimum Gasteiger partial charge on any atom is -0.393 e. The summed E-state index contributed by atoms with van der Waals surface area (Å²) in [6.45, 7) is 9.06. The number of unbranched alkanes of at least 4 members (excludes halogenated alkanes) is 4. The standard InChI is InChI=1S/C31H53NO3/c1-21(2)32(5)28(35)12-10-8-6-7-9-11-22-19-23-20-24(33)15-17-30(23,3)26-16-18-31(4)25(29(22)26)13-14-27(31)34/h21-23,25-27,29,34H,6-20H2,1-5H3/t22-,23+,25+,26+,27+,29+,30+,31+/m1/s1. The number of nitrogens with zero attached hydrogens (tertiary/aromatic N) is 1. The second kappa shape index (κ2) is 10.8. The molecule has 4 heteroatoms. The maximum atomic E-state index is 12.4. The predicted molar refractivity (Wildman–Crippen MR) is 142 cm³/mol. The van der Waals surface area contributed by atoms with Crippen LogP contribution in [0.4, 0.5) is 0 Å². The summed E-state index contributed by atoms with van der Waals surface area (Å²) in [4.78, 5) is 26.5. The van der Waals surface area contributed by atoms with Crippen LogP contribution in [0.25, 0.3) is 0 Å². The van der Waals surface area contributed by atoms with Crippen molar-refractivity contribution in [2.45, 2.75) is 136 Å². The first kappa shape index (κ1) is 27.1. The van der Waals surface area contributed by atoms with E-state index in [1.54, 1.807) is 0 Å². The molecule has 1 N–H and O–H groups in total. The maximum absolute atomic E-state index is 12.4. The van der Waals surface area contributed by atoms with Crippen LogP contribution in [0.15, 0.2) is 0 Å². The highest BCUT2D eigenvalue weighted by molar-refractivity contribution is 5.79. The largest absolute Gasteiger partial charge is 0.393 e. The Balaban J connectivity index is 1.34. The topological polar surface area (TPSA) is 57.6 Å². The number of carbonyl (C=O) groups excluding carboxylic acids is 2. The zero-order chi connectivity index (χ0) is 25.4. The Bertz CT molecular complexity index is 764. The zero-order valence-electron chi connectivity index (χ0n) is 23.4. The third-order valence-corrected chi connectivity index (χ3v) is 11.7. The average molecular weight is 488 g/mol. The molecule has 0 aliphatic heterocycles. The molecule has 0 radical (unpaired) electrons. The van der Waals surface area contributed by atoms with E-state index in [0.717, 1.165) is 56.3 Å². The summed E-state index contributed by atoms with van der Waals surface area (Å²) < 4.78 is 0. The van der Waals surface area contributed by atoms with Gasteiger partial charge in [0.1, 0.15) is 5.78 Å². The van der Waals surface area contributed by atoms with Gasteiger partial charge in [0.05, 0.1) is 6.10 Å². The molecule has 200 valence electrons. The number of aliphatic hydroxyl groups excluding tert-OH is 1. The molecular weight excluding hydrogens is 434 g/mol. The van der Waals surface area contributed by atoms with Gasteiger partial charge in [0.2, 0.25) is 5.91 Å². The van der Waals surface area contributed by atoms with Crippen molar-refractivity contribution in [2.75, 3.05) is 7.05 Å². The molecule has 4 nitrogen and oxygen atoms in total. The highest BCUT2D eigenvalue weighted by Crippen LogP contribution is 2.67. The Morgan fingerprint density at radius 1 is 1.00 bits per heavy atom. The van der Waals surface area contributed by atoms with Crippen molar-refractivity contribution in [3.05, 3.63) is 0 Å². The van der Waals surface area contributed by atoms with Crippen LogP contribution in [0.5, 0.6) is 0 Å². The van der Waals surface area contributed by atoms with E-state index in [1.807, 2.05) is 11.9 Å². The quantitative estimate of drug-likeness (QED) is 0.365. The van der Waals surface area contributed by atoms with E-state index in [2.05, 4.69) is 27.7 Å². The smallest absolute Gasteiger partial charge is 0.222 e. The predicted octanol–water partition coefficient (Wildman–Crippen LogP) is 6.78. The third-order valence-electron chi connectivity index (χ3n) is 11.7. The minimum atomic E-state index is -0.120. The van der Waals surface area contributed by atoms with Crippen LogP contribution in [0.3, 0.4) is 0 Å². The fourth-order valence-corrected chi connectivity index (χ4v) is 9.17. The van der Waals surface area contributed by atoms with Crippen molar-refractivity contribution in [2.24, 2.45) is 40.4 Å². The molecule has 0 bridgehead atoms. The fraction of sp³-hybridized carbons (Fsp3) is 0.935. The lowest BCUT2D eigenvalue weighted by molar-refractivity contribution is -0.156. The number of fused-ring (bicyclic) bond motifs is 5. The van der Waals surface area contributed by atoms with Gasteiger partial charge < -0.3 is 10.0 Å². The molecule has 8 atom stereocenters. The van der Waals surface area contributed by atoms with Crippen LogP contribution in [-0.4, -0.2) is 40.9 Å². The lowest BCUT2D eigenvalue weighted by atomic mass is 9.42. The number of hydrogen-bond donors (Lipinski definition) is 1. The highest BCUT2D eigenvalue weighted by Gasteiger charge is 2.62. The molecule has 0 aromatic heterocycles. The summed E-state index contributed by atoms with van der Waals surface area (Å²) in [6, 6.07) is 0.283. The molecule has 0 unspecified atom stereocenters. The van der Waals surface area contributed by atoms with Crippen molar-refractivity contribution in [3.8, 4) is 0 Å². The highest BCUT2D eigenvalue weighted by atomic mass is 16.3. The van der Waals surface area contributed by atoms with Gasteiger partial charge in [0.15, 0.2) is 0 Å². The van der Waals surface area contributed by atoms with Crippen LogP contribution < -0.4 is 0 Å². The van der Waals surface area contributed by atoms with Gasteiger partial charge in [-0.25, -0.2) is 0 Å². The summed E-state index contributed by atoms with van der Waals surface area (Å²) in [6.07, 6.45) is 16.3. The van der Waals surface area contributed by atoms with E-state index in [1.165, 1.54) is 51.4 Å². The Morgan fingerprint density at radius 3 is 2.43 bits per heavy atom. The summed E-state index contributed by atoms with van der Waals surface area (Å²) in [5.41, 5.74) is 0.447. The molecular formula is C31H53NO3. The first-order valence-electron chi connectivity index (χ1n) is 15.0. The second-order valence-electron chi connectivity index (χ2n) is 13.8. The van der Waals surface area contributed by atoms with Crippen molar-refractivity contribution >= 4 is 11.7 Å². The van der Waals surface area contributed by atoms with E-state index in [0.29, 0.717) is 29.5 Å². The monoisotopic (exact) mass is 487 g/mol. The molecule has 1 amide bonds. The van der Waals surface area contributed by atoms with Gasteiger partial charge in [0.25, 0.3) is 0 Å². The van der Waals surface area contributed by atoms with Crippen molar-refractivity contribution in [1.29, 1.82) is 0 Å². The van der Waals surface area contributed by atoms with Crippen LogP contribution >= 0.6 is 0 Å². The molecule has 35 heavy (non-hydrogen) atoms. The number of hydrogen-bond acceptors (Lipinski definition) is 3. The Labute approximate surface area is 215 Å². The van der Waals surface area contributed by atoms with Crippen LogP contribution in [0, 0.1) is 40.4 Å². The van der Waals surface area contributed by atoms with Crippen molar-refractivity contribution in [3.63, 3.8) is 0 Å². The maximum Gasteiger partial charge on any atom is 0.222 e. The van der Waals surface area contributed by atoms with Gasteiger partial charge in [-0.15, -0.1) is 0 Å². The van der Waals surface area contributed by atoms with Gasteiger partial charge >= 0.3 is 0 Å². The van der Waals surface area contributed by atoms with E-state index in [4.69, 9.17) is 0 Å². The molecule has 0 spiro atoms. The molecule has 4 rings (SSSR count). The average Bonchev–Trinajstić information content (AvgIpc) is 3.12. The Hall–Kier alpha value is -0.900. The van der Waals surface area contributed by atoms with Crippen molar-refractivity contribution in [1.82, 2.24) is 4.90 Å². The first-order chi connectivity index (χ1) is 16.6. The summed E-state index contributed by atoms with van der Waals surface area (Å²) >= 11 is 0. The molecule has 4 fully saturated rings. The van der Waals surface area contributed by atoms with Gasteiger partial charge in [-0.1, -0.05) is 46.0 Å². The fourth-order valence-electron chi connectivity index (χ4n) is 9.17. The van der Waals surface area contributed by atoms with Crippen molar-refractivity contribution < 1.29 is 14.7 Å². The normalized spacial score (nSPS) is 40.8. The number of aliphatic hydroxyl groups is 1. The molecule has 0 heterocycles. The van der Waals surface area contributed by atoms with E-state index < -0.39 is 0 Å². The number of carbonyl (C=O) groups is 2. The molecule has 4 aliphatic rings. The second-order valence-corrected chi connectivity index (χ2v) is 13.8. The van der Waals surface area contributed by atoms with E-state index >= 15 is 0 Å². The van der Waals surface area contributed by atoms with E-state index in [-0.39, 0.29) is 23.5 Å². The Morgan fingerprint density at radius 2 is 1.69 bits per heavy atom. The minimum absolute atomic E-state index is 0.114. The SMILES string of the molecule is CC(C)N(C)C(=O)CCCCCCC[C@@H]1C[C@H]2CC(=O)CC[C@]2(C)[C@H]2CC[C@]3(C)[C@@H](O)CC[C@H]3[C@H]12. The van der Waals surface area contributed by atoms with Gasteiger partial charge in [-0.2, -0.15) is 0 Å². The first-order valence-corrected chi connectivity index (χ1v) is 15.0. The Kier molecular flexibility index (Phi) is 8.40. The van der Waals surface area contributed by atoms with Crippen LogP contribution in [0.1, 0.15) is 124 Å². The number of ketones is 1. The molecule has 4 aliphatic carbocycles. The van der Waals surface area contributed by atoms with Gasteiger partial charge in [0, 0.05) is 32.4 Å². The number of Topliss-reactive ketones (excluding diaryl/α,β-unsaturated/α-hetero) is 1. The van der Waals surface area contributed by atoms with Crippen LogP contribution in [0.2, 0.25) is 0 Å². The molecule has 4 saturated carbocycles. The van der Waals surface area contributed by atoms with Crippen LogP contribution in [-0.2, 0) is 9.59 Å². The summed E-state index contributed by atoms with van der Waals surface area (Å²) in [5.74, 6) is 4.23. The lowest BCUT2D eigenvalue weighted by Crippen LogP contribution is -2.57. The van der Waals surface area contributed by atoms with Gasteiger partial charge in [-0.3, -0.25) is 9.59 Å². The molecule has 0 aromatic rings. The lowest BCUT2D eigenvalue weighted by Gasteiger charge is -2.62. The summed E-state index contributed by atoms with van der Waals surface area (Å²) in [5, 5.41) is 10.9.